The summed E-state index contributed by atoms with van der Waals surface area (Å²) in [7, 11) is -2.32. The lowest BCUT2D eigenvalue weighted by molar-refractivity contribution is 0.403. The van der Waals surface area contributed by atoms with E-state index >= 15 is 0 Å². The van der Waals surface area contributed by atoms with Crippen molar-refractivity contribution in [1.29, 1.82) is 0 Å². The highest BCUT2D eigenvalue weighted by Gasteiger charge is 2.23. The predicted octanol–water partition coefficient (Wildman–Crippen LogP) is 2.34. The SMILES string of the molecule is COc1cc(-c2cnn3c(O)ncnc23)ccc1S(=O)(=O)c1ccccc1. The first-order valence-corrected chi connectivity index (χ1v) is 9.37. The lowest BCUT2D eigenvalue weighted by atomic mass is 10.1. The second-order valence-corrected chi connectivity index (χ2v) is 7.57. The third kappa shape index (κ3) is 2.77. The standard InChI is InChI=1S/C18H14N4O4S/c1-26-15-9-12(14-10-21-22-17(14)19-11-20-18(22)23)7-8-16(15)27(24,25)13-5-3-2-4-6-13/h2-11H,1H3,(H,19,20,23). The van der Waals surface area contributed by atoms with Crippen LogP contribution in [0, 0.1) is 0 Å². The normalized spacial score (nSPS) is 11.6. The molecule has 4 rings (SSSR count). The molecule has 9 heteroatoms. The number of aromatic nitrogens is 4. The van der Waals surface area contributed by atoms with Gasteiger partial charge in [-0.05, 0) is 29.8 Å². The van der Waals surface area contributed by atoms with Crippen LogP contribution in [0.2, 0.25) is 0 Å². The first-order valence-electron chi connectivity index (χ1n) is 7.88. The number of nitrogens with zero attached hydrogens (tertiary/aromatic N) is 4. The van der Waals surface area contributed by atoms with Gasteiger partial charge in [-0.25, -0.2) is 13.4 Å². The maximum Gasteiger partial charge on any atom is 0.318 e. The van der Waals surface area contributed by atoms with E-state index in [4.69, 9.17) is 4.74 Å². The van der Waals surface area contributed by atoms with Crippen LogP contribution >= 0.6 is 0 Å². The number of aromatic hydroxyl groups is 1. The van der Waals surface area contributed by atoms with Crippen LogP contribution < -0.4 is 4.74 Å². The van der Waals surface area contributed by atoms with Crippen LogP contribution in [0.5, 0.6) is 11.8 Å². The molecule has 0 aliphatic heterocycles. The van der Waals surface area contributed by atoms with Gasteiger partial charge in [0.05, 0.1) is 18.2 Å². The van der Waals surface area contributed by atoms with Gasteiger partial charge in [0.15, 0.2) is 5.65 Å². The van der Waals surface area contributed by atoms with Crippen molar-refractivity contribution < 1.29 is 18.3 Å². The van der Waals surface area contributed by atoms with Crippen molar-refractivity contribution in [2.75, 3.05) is 7.11 Å². The number of benzene rings is 2. The Bertz CT molecular complexity index is 1240. The van der Waals surface area contributed by atoms with Gasteiger partial charge >= 0.3 is 6.01 Å². The summed E-state index contributed by atoms with van der Waals surface area (Å²) in [5.41, 5.74) is 1.64. The number of fused-ring (bicyclic) bond motifs is 1. The molecule has 1 N–H and O–H groups in total. The molecule has 2 aromatic heterocycles. The Labute approximate surface area is 154 Å². The van der Waals surface area contributed by atoms with Gasteiger partial charge in [-0.15, -0.1) is 0 Å². The zero-order chi connectivity index (χ0) is 19.0. The van der Waals surface area contributed by atoms with Gasteiger partial charge in [-0.3, -0.25) is 0 Å². The molecule has 0 fully saturated rings. The molecule has 0 atom stereocenters. The molecule has 0 saturated carbocycles. The summed E-state index contributed by atoms with van der Waals surface area (Å²) >= 11 is 0. The van der Waals surface area contributed by atoms with E-state index in [1.807, 2.05) is 0 Å². The molecule has 2 heterocycles. The first kappa shape index (κ1) is 17.0. The minimum atomic E-state index is -3.73. The van der Waals surface area contributed by atoms with Crippen LogP contribution in [0.1, 0.15) is 0 Å². The summed E-state index contributed by atoms with van der Waals surface area (Å²) < 4.78 is 32.4. The molecule has 0 saturated heterocycles. The fourth-order valence-electron chi connectivity index (χ4n) is 2.79. The molecule has 0 unspecified atom stereocenters. The predicted molar refractivity (Wildman–Crippen MR) is 96.3 cm³/mol. The highest BCUT2D eigenvalue weighted by atomic mass is 32.2. The minimum Gasteiger partial charge on any atom is -0.495 e. The van der Waals surface area contributed by atoms with E-state index in [9.17, 15) is 13.5 Å². The molecular formula is C18H14N4O4S. The number of rotatable bonds is 4. The van der Waals surface area contributed by atoms with Gasteiger partial charge in [-0.1, -0.05) is 24.3 Å². The average Bonchev–Trinajstić information content (AvgIpc) is 3.13. The molecule has 0 aliphatic carbocycles. The lowest BCUT2D eigenvalue weighted by Crippen LogP contribution is -2.04. The van der Waals surface area contributed by atoms with Crippen molar-refractivity contribution in [3.8, 4) is 22.9 Å². The van der Waals surface area contributed by atoms with E-state index in [-0.39, 0.29) is 21.6 Å². The Hall–Kier alpha value is -3.46. The van der Waals surface area contributed by atoms with E-state index in [0.717, 1.165) is 0 Å². The second-order valence-electron chi connectivity index (χ2n) is 5.65. The van der Waals surface area contributed by atoms with Gasteiger partial charge < -0.3 is 9.84 Å². The van der Waals surface area contributed by atoms with Gasteiger partial charge in [-0.2, -0.15) is 14.6 Å². The van der Waals surface area contributed by atoms with Gasteiger partial charge in [0.1, 0.15) is 17.0 Å². The number of hydrogen-bond donors (Lipinski definition) is 1. The first-order chi connectivity index (χ1) is 13.0. The quantitative estimate of drug-likeness (QED) is 0.577. The van der Waals surface area contributed by atoms with E-state index < -0.39 is 9.84 Å². The number of ether oxygens (including phenoxy) is 1. The molecule has 136 valence electrons. The molecule has 0 spiro atoms. The average molecular weight is 382 g/mol. The molecule has 8 nitrogen and oxygen atoms in total. The van der Waals surface area contributed by atoms with Crippen LogP contribution in [0.3, 0.4) is 0 Å². The van der Waals surface area contributed by atoms with Crippen molar-refractivity contribution >= 4 is 15.5 Å². The summed E-state index contributed by atoms with van der Waals surface area (Å²) in [5, 5.41) is 13.8. The topological polar surface area (TPSA) is 107 Å². The molecular weight excluding hydrogens is 368 g/mol. The summed E-state index contributed by atoms with van der Waals surface area (Å²) in [6.07, 6.45) is 2.74. The van der Waals surface area contributed by atoms with Crippen LogP contribution in [-0.2, 0) is 9.84 Å². The maximum absolute atomic E-state index is 12.9. The summed E-state index contributed by atoms with van der Waals surface area (Å²) in [5.74, 6) is 0.203. The Kier molecular flexibility index (Phi) is 4.00. The summed E-state index contributed by atoms with van der Waals surface area (Å²) in [6.45, 7) is 0. The Morgan fingerprint density at radius 1 is 1.07 bits per heavy atom. The van der Waals surface area contributed by atoms with Crippen LogP contribution in [0.15, 0.2) is 70.8 Å². The number of methoxy groups -OCH3 is 1. The molecule has 0 radical (unpaired) electrons. The molecule has 2 aromatic carbocycles. The lowest BCUT2D eigenvalue weighted by Gasteiger charge is -2.11. The van der Waals surface area contributed by atoms with E-state index in [2.05, 4.69) is 15.1 Å². The van der Waals surface area contributed by atoms with Crippen molar-refractivity contribution in [3.05, 3.63) is 61.1 Å². The van der Waals surface area contributed by atoms with Crippen LogP contribution in [-0.4, -0.2) is 40.2 Å². The minimum absolute atomic E-state index is 0.0638. The smallest absolute Gasteiger partial charge is 0.318 e. The maximum atomic E-state index is 12.9. The Morgan fingerprint density at radius 2 is 1.85 bits per heavy atom. The fourth-order valence-corrected chi connectivity index (χ4v) is 4.21. The molecule has 4 aromatic rings. The fraction of sp³-hybridized carbons (Fsp3) is 0.0556. The summed E-state index contributed by atoms with van der Waals surface area (Å²) in [4.78, 5) is 8.04. The Morgan fingerprint density at radius 3 is 2.59 bits per heavy atom. The zero-order valence-corrected chi connectivity index (χ0v) is 15.0. The third-order valence-corrected chi connectivity index (χ3v) is 5.91. The molecule has 0 aliphatic rings. The van der Waals surface area contributed by atoms with Crippen molar-refractivity contribution in [2.45, 2.75) is 9.79 Å². The van der Waals surface area contributed by atoms with Crippen molar-refractivity contribution in [3.63, 3.8) is 0 Å². The Balaban J connectivity index is 1.86. The second kappa shape index (κ2) is 6.36. The van der Waals surface area contributed by atoms with E-state index in [1.54, 1.807) is 30.3 Å². The van der Waals surface area contributed by atoms with E-state index in [1.165, 1.54) is 42.3 Å². The van der Waals surface area contributed by atoms with Gasteiger partial charge in [0.25, 0.3) is 0 Å². The van der Waals surface area contributed by atoms with Crippen molar-refractivity contribution in [1.82, 2.24) is 19.6 Å². The largest absolute Gasteiger partial charge is 0.495 e. The van der Waals surface area contributed by atoms with Crippen molar-refractivity contribution in [2.24, 2.45) is 0 Å². The van der Waals surface area contributed by atoms with Gasteiger partial charge in [0, 0.05) is 5.56 Å². The molecule has 0 amide bonds. The highest BCUT2D eigenvalue weighted by Crippen LogP contribution is 2.34. The molecule has 27 heavy (non-hydrogen) atoms. The zero-order valence-electron chi connectivity index (χ0n) is 14.1. The highest BCUT2D eigenvalue weighted by molar-refractivity contribution is 7.91. The number of hydrogen-bond acceptors (Lipinski definition) is 7. The summed E-state index contributed by atoms with van der Waals surface area (Å²) in [6, 6.07) is 12.6. The molecule has 0 bridgehead atoms. The number of sulfone groups is 1. The third-order valence-electron chi connectivity index (χ3n) is 4.10. The monoisotopic (exact) mass is 382 g/mol. The van der Waals surface area contributed by atoms with Crippen LogP contribution in [0.4, 0.5) is 0 Å². The van der Waals surface area contributed by atoms with E-state index in [0.29, 0.717) is 16.8 Å². The van der Waals surface area contributed by atoms with Gasteiger partial charge in [0.2, 0.25) is 9.84 Å². The van der Waals surface area contributed by atoms with Crippen LogP contribution in [0.25, 0.3) is 16.8 Å².